The summed E-state index contributed by atoms with van der Waals surface area (Å²) in [7, 11) is 1.49. The molecule has 2 heterocycles. The summed E-state index contributed by atoms with van der Waals surface area (Å²) in [6.45, 7) is 0.754. The van der Waals surface area contributed by atoms with Gasteiger partial charge in [-0.05, 0) is 12.1 Å². The molecule has 1 aromatic rings. The fourth-order valence-electron chi connectivity index (χ4n) is 1.30. The topological polar surface area (TPSA) is 63.6 Å². The SMILES string of the molecule is COc1ncccc1C(=O)NC1=NCCS1. The number of rotatable bonds is 2. The number of carbonyl (C=O) groups is 1. The average molecular weight is 237 g/mol. The minimum atomic E-state index is -0.238. The number of aromatic nitrogens is 1. The molecule has 0 radical (unpaired) electrons. The van der Waals surface area contributed by atoms with E-state index in [1.807, 2.05) is 0 Å². The van der Waals surface area contributed by atoms with E-state index in [1.54, 1.807) is 18.3 Å². The zero-order valence-corrected chi connectivity index (χ0v) is 9.58. The molecule has 0 aliphatic carbocycles. The van der Waals surface area contributed by atoms with Crippen LogP contribution in [0.4, 0.5) is 0 Å². The van der Waals surface area contributed by atoms with E-state index in [4.69, 9.17) is 4.74 Å². The van der Waals surface area contributed by atoms with Gasteiger partial charge < -0.3 is 10.1 Å². The van der Waals surface area contributed by atoms with Gasteiger partial charge in [0.1, 0.15) is 5.56 Å². The Morgan fingerprint density at radius 1 is 1.62 bits per heavy atom. The number of amidine groups is 1. The summed E-state index contributed by atoms with van der Waals surface area (Å²) in [6, 6.07) is 3.36. The van der Waals surface area contributed by atoms with Gasteiger partial charge in [-0.15, -0.1) is 0 Å². The van der Waals surface area contributed by atoms with Crippen LogP contribution in [-0.4, -0.2) is 35.5 Å². The second-order valence-electron chi connectivity index (χ2n) is 3.05. The van der Waals surface area contributed by atoms with Crippen LogP contribution in [0.5, 0.6) is 5.88 Å². The molecule has 1 aromatic heterocycles. The molecule has 1 aliphatic heterocycles. The smallest absolute Gasteiger partial charge is 0.262 e. The Morgan fingerprint density at radius 3 is 3.19 bits per heavy atom. The van der Waals surface area contributed by atoms with E-state index >= 15 is 0 Å². The summed E-state index contributed by atoms with van der Waals surface area (Å²) in [5.41, 5.74) is 0.417. The molecule has 0 unspecified atom stereocenters. The predicted molar refractivity (Wildman–Crippen MR) is 63.0 cm³/mol. The number of hydrogen-bond donors (Lipinski definition) is 1. The summed E-state index contributed by atoms with van der Waals surface area (Å²) < 4.78 is 5.01. The number of aliphatic imine (C=N–C) groups is 1. The molecular weight excluding hydrogens is 226 g/mol. The molecule has 5 nitrogen and oxygen atoms in total. The minimum absolute atomic E-state index is 0.238. The van der Waals surface area contributed by atoms with Gasteiger partial charge in [0.25, 0.3) is 5.91 Å². The van der Waals surface area contributed by atoms with Gasteiger partial charge in [-0.1, -0.05) is 11.8 Å². The van der Waals surface area contributed by atoms with Crippen molar-refractivity contribution in [2.24, 2.45) is 4.99 Å². The standard InChI is InChI=1S/C10H11N3O2S/c1-15-9-7(3-2-4-11-9)8(14)13-10-12-5-6-16-10/h2-4H,5-6H2,1H3,(H,12,13,14). The van der Waals surface area contributed by atoms with E-state index in [-0.39, 0.29) is 5.91 Å². The quantitative estimate of drug-likeness (QED) is 0.831. The lowest BCUT2D eigenvalue weighted by Gasteiger charge is -2.06. The molecule has 84 valence electrons. The van der Waals surface area contributed by atoms with Crippen molar-refractivity contribution < 1.29 is 9.53 Å². The van der Waals surface area contributed by atoms with Crippen LogP contribution in [0.25, 0.3) is 0 Å². The molecule has 2 rings (SSSR count). The number of thioether (sulfide) groups is 1. The number of pyridine rings is 1. The second-order valence-corrected chi connectivity index (χ2v) is 4.13. The zero-order chi connectivity index (χ0) is 11.4. The van der Waals surface area contributed by atoms with Crippen molar-refractivity contribution in [2.45, 2.75) is 0 Å². The lowest BCUT2D eigenvalue weighted by Crippen LogP contribution is -2.27. The van der Waals surface area contributed by atoms with E-state index in [0.29, 0.717) is 16.6 Å². The number of carbonyl (C=O) groups excluding carboxylic acids is 1. The van der Waals surface area contributed by atoms with Gasteiger partial charge in [0.2, 0.25) is 5.88 Å². The molecule has 0 saturated heterocycles. The average Bonchev–Trinajstić information content (AvgIpc) is 2.81. The van der Waals surface area contributed by atoms with Crippen LogP contribution >= 0.6 is 11.8 Å². The number of ether oxygens (including phenoxy) is 1. The predicted octanol–water partition coefficient (Wildman–Crippen LogP) is 0.923. The summed E-state index contributed by atoms with van der Waals surface area (Å²) in [5, 5.41) is 3.39. The van der Waals surface area contributed by atoms with Gasteiger partial charge in [-0.25, -0.2) is 4.98 Å². The normalized spacial score (nSPS) is 14.4. The number of nitrogens with zero attached hydrogens (tertiary/aromatic N) is 2. The molecule has 16 heavy (non-hydrogen) atoms. The van der Waals surface area contributed by atoms with Crippen LogP contribution in [0.3, 0.4) is 0 Å². The Hall–Kier alpha value is -1.56. The van der Waals surface area contributed by atoms with E-state index < -0.39 is 0 Å². The van der Waals surface area contributed by atoms with Gasteiger partial charge in [0, 0.05) is 11.9 Å². The Morgan fingerprint density at radius 2 is 2.50 bits per heavy atom. The first-order chi connectivity index (χ1) is 7.81. The van der Waals surface area contributed by atoms with E-state index in [9.17, 15) is 4.79 Å². The maximum atomic E-state index is 11.9. The zero-order valence-electron chi connectivity index (χ0n) is 8.77. The second kappa shape index (κ2) is 4.98. The molecule has 0 atom stereocenters. The van der Waals surface area contributed by atoms with Crippen molar-refractivity contribution in [3.05, 3.63) is 23.9 Å². The van der Waals surface area contributed by atoms with Crippen LogP contribution in [0, 0.1) is 0 Å². The van der Waals surface area contributed by atoms with Crippen molar-refractivity contribution in [2.75, 3.05) is 19.4 Å². The third-order valence-electron chi connectivity index (χ3n) is 2.02. The van der Waals surface area contributed by atoms with Crippen LogP contribution in [0.1, 0.15) is 10.4 Å². The lowest BCUT2D eigenvalue weighted by atomic mass is 10.2. The molecule has 0 bridgehead atoms. The number of methoxy groups -OCH3 is 1. The van der Waals surface area contributed by atoms with E-state index in [1.165, 1.54) is 18.9 Å². The maximum absolute atomic E-state index is 11.9. The molecule has 1 aliphatic rings. The molecular formula is C10H11N3O2S. The van der Waals surface area contributed by atoms with Crippen molar-refractivity contribution >= 4 is 22.8 Å². The Kier molecular flexibility index (Phi) is 3.40. The highest BCUT2D eigenvalue weighted by Crippen LogP contribution is 2.15. The van der Waals surface area contributed by atoms with E-state index in [0.717, 1.165) is 12.3 Å². The van der Waals surface area contributed by atoms with Crippen LogP contribution in [0.2, 0.25) is 0 Å². The molecule has 0 spiro atoms. The Labute approximate surface area is 97.3 Å². The summed E-state index contributed by atoms with van der Waals surface area (Å²) in [5.74, 6) is 1.00. The third-order valence-corrected chi connectivity index (χ3v) is 2.91. The molecule has 0 fully saturated rings. The first-order valence-electron chi connectivity index (χ1n) is 4.79. The van der Waals surface area contributed by atoms with Crippen molar-refractivity contribution in [3.63, 3.8) is 0 Å². The highest BCUT2D eigenvalue weighted by Gasteiger charge is 2.16. The minimum Gasteiger partial charge on any atom is -0.480 e. The molecule has 1 amide bonds. The van der Waals surface area contributed by atoms with Crippen LogP contribution in [0.15, 0.2) is 23.3 Å². The third kappa shape index (κ3) is 2.33. The first-order valence-corrected chi connectivity index (χ1v) is 5.77. The summed E-state index contributed by atoms with van der Waals surface area (Å²) >= 11 is 1.54. The fourth-order valence-corrected chi connectivity index (χ4v) is 2.02. The number of nitrogens with one attached hydrogen (secondary N) is 1. The highest BCUT2D eigenvalue weighted by molar-refractivity contribution is 8.14. The summed E-state index contributed by atoms with van der Waals surface area (Å²) in [4.78, 5) is 20.0. The maximum Gasteiger partial charge on any atom is 0.262 e. The van der Waals surface area contributed by atoms with Gasteiger partial charge in [-0.3, -0.25) is 9.79 Å². The molecule has 0 aromatic carbocycles. The highest BCUT2D eigenvalue weighted by atomic mass is 32.2. The van der Waals surface area contributed by atoms with E-state index in [2.05, 4.69) is 15.3 Å². The Bertz CT molecular complexity index is 434. The van der Waals surface area contributed by atoms with Crippen molar-refractivity contribution in [1.29, 1.82) is 0 Å². The van der Waals surface area contributed by atoms with Crippen LogP contribution < -0.4 is 10.1 Å². The lowest BCUT2D eigenvalue weighted by molar-refractivity contribution is 0.0974. The first kappa shape index (κ1) is 10.9. The fraction of sp³-hybridized carbons (Fsp3) is 0.300. The van der Waals surface area contributed by atoms with Gasteiger partial charge >= 0.3 is 0 Å². The molecule has 1 N–H and O–H groups in total. The molecule has 6 heteroatoms. The van der Waals surface area contributed by atoms with Crippen molar-refractivity contribution in [1.82, 2.24) is 10.3 Å². The number of hydrogen-bond acceptors (Lipinski definition) is 5. The van der Waals surface area contributed by atoms with Gasteiger partial charge in [0.15, 0.2) is 5.17 Å². The van der Waals surface area contributed by atoms with Crippen LogP contribution in [-0.2, 0) is 0 Å². The molecule has 0 saturated carbocycles. The van der Waals surface area contributed by atoms with Gasteiger partial charge in [0.05, 0.1) is 13.7 Å². The Balaban J connectivity index is 2.13. The largest absolute Gasteiger partial charge is 0.480 e. The number of amides is 1. The monoisotopic (exact) mass is 237 g/mol. The van der Waals surface area contributed by atoms with Gasteiger partial charge in [-0.2, -0.15) is 0 Å². The summed E-state index contributed by atoms with van der Waals surface area (Å²) in [6.07, 6.45) is 1.58. The van der Waals surface area contributed by atoms with Crippen molar-refractivity contribution in [3.8, 4) is 5.88 Å².